The number of amides is 1. The summed E-state index contributed by atoms with van der Waals surface area (Å²) in [5, 5.41) is 10.7. The van der Waals surface area contributed by atoms with Crippen LogP contribution in [0.2, 0.25) is 0 Å². The van der Waals surface area contributed by atoms with Crippen LogP contribution in [0.1, 0.15) is 29.8 Å². The van der Waals surface area contributed by atoms with Crippen molar-refractivity contribution in [1.29, 1.82) is 0 Å². The van der Waals surface area contributed by atoms with Crippen LogP contribution < -0.4 is 10.3 Å². The number of nitrogens with one attached hydrogen (secondary N) is 1. The van der Waals surface area contributed by atoms with Gasteiger partial charge in [0.2, 0.25) is 0 Å². The van der Waals surface area contributed by atoms with E-state index in [0.29, 0.717) is 5.69 Å². The lowest BCUT2D eigenvalue weighted by atomic mass is 10.2. The number of anilines is 1. The SMILES string of the molecule is O=C(Nc1ccccc1)c1nn(N2CCCCC2)c2ccccc12. The highest BCUT2D eigenvalue weighted by Gasteiger charge is 2.21. The molecule has 1 saturated heterocycles. The number of fused-ring (bicyclic) bond motifs is 1. The largest absolute Gasteiger partial charge is 0.321 e. The van der Waals surface area contributed by atoms with Gasteiger partial charge in [0.25, 0.3) is 5.91 Å². The van der Waals surface area contributed by atoms with E-state index in [4.69, 9.17) is 0 Å². The molecule has 2 aromatic carbocycles. The zero-order valence-corrected chi connectivity index (χ0v) is 13.5. The van der Waals surface area contributed by atoms with E-state index in [-0.39, 0.29) is 5.91 Å². The zero-order valence-electron chi connectivity index (χ0n) is 13.5. The molecule has 1 amide bonds. The fourth-order valence-corrected chi connectivity index (χ4v) is 3.21. The fraction of sp³-hybridized carbons (Fsp3) is 0.263. The molecule has 0 aliphatic carbocycles. The van der Waals surface area contributed by atoms with E-state index in [9.17, 15) is 4.79 Å². The highest BCUT2D eigenvalue weighted by molar-refractivity contribution is 6.11. The van der Waals surface area contributed by atoms with Crippen LogP contribution in [-0.4, -0.2) is 28.9 Å². The molecule has 0 bridgehead atoms. The molecule has 5 heteroatoms. The molecule has 0 radical (unpaired) electrons. The minimum Gasteiger partial charge on any atom is -0.321 e. The first-order valence-corrected chi connectivity index (χ1v) is 8.42. The molecular weight excluding hydrogens is 300 g/mol. The van der Waals surface area contributed by atoms with E-state index >= 15 is 0 Å². The number of carbonyl (C=O) groups is 1. The van der Waals surface area contributed by atoms with Crippen LogP contribution >= 0.6 is 0 Å². The smallest absolute Gasteiger partial charge is 0.276 e. The number of hydrogen-bond donors (Lipinski definition) is 1. The van der Waals surface area contributed by atoms with Crippen LogP contribution in [0.4, 0.5) is 5.69 Å². The van der Waals surface area contributed by atoms with Crippen LogP contribution in [-0.2, 0) is 0 Å². The molecule has 1 aliphatic heterocycles. The Morgan fingerprint density at radius 2 is 1.62 bits per heavy atom. The lowest BCUT2D eigenvalue weighted by molar-refractivity contribution is 0.102. The first kappa shape index (κ1) is 14.8. The number of benzene rings is 2. The van der Waals surface area contributed by atoms with Gasteiger partial charge >= 0.3 is 0 Å². The van der Waals surface area contributed by atoms with Gasteiger partial charge < -0.3 is 5.32 Å². The Labute approximate surface area is 140 Å². The number of rotatable bonds is 3. The van der Waals surface area contributed by atoms with Crippen molar-refractivity contribution in [2.24, 2.45) is 0 Å². The van der Waals surface area contributed by atoms with E-state index < -0.39 is 0 Å². The first-order chi connectivity index (χ1) is 11.8. The molecule has 1 aromatic heterocycles. The van der Waals surface area contributed by atoms with Crippen LogP contribution in [0.25, 0.3) is 10.9 Å². The summed E-state index contributed by atoms with van der Waals surface area (Å²) in [5.41, 5.74) is 2.23. The van der Waals surface area contributed by atoms with Gasteiger partial charge in [0, 0.05) is 24.2 Å². The Hall–Kier alpha value is -2.82. The molecule has 4 rings (SSSR count). The van der Waals surface area contributed by atoms with Gasteiger partial charge in [-0.15, -0.1) is 5.10 Å². The van der Waals surface area contributed by atoms with Gasteiger partial charge in [-0.3, -0.25) is 9.80 Å². The van der Waals surface area contributed by atoms with Gasteiger partial charge in [-0.25, -0.2) is 0 Å². The zero-order chi connectivity index (χ0) is 16.4. The predicted octanol–water partition coefficient (Wildman–Crippen LogP) is 3.41. The lowest BCUT2D eigenvalue weighted by Gasteiger charge is -2.28. The van der Waals surface area contributed by atoms with Crippen LogP contribution in [0.3, 0.4) is 0 Å². The van der Waals surface area contributed by atoms with Crippen molar-refractivity contribution in [2.45, 2.75) is 19.3 Å². The average Bonchev–Trinajstić information content (AvgIpc) is 3.03. The maximum Gasteiger partial charge on any atom is 0.276 e. The highest BCUT2D eigenvalue weighted by atomic mass is 16.2. The van der Waals surface area contributed by atoms with Gasteiger partial charge in [-0.1, -0.05) is 36.4 Å². The van der Waals surface area contributed by atoms with Crippen LogP contribution in [0, 0.1) is 0 Å². The molecule has 1 fully saturated rings. The maximum absolute atomic E-state index is 12.7. The molecule has 3 aromatic rings. The summed E-state index contributed by atoms with van der Waals surface area (Å²) in [6.45, 7) is 1.96. The molecule has 1 N–H and O–H groups in total. The van der Waals surface area contributed by atoms with Gasteiger partial charge in [0.05, 0.1) is 5.52 Å². The molecule has 1 aliphatic rings. The van der Waals surface area contributed by atoms with Crippen molar-refractivity contribution >= 4 is 22.5 Å². The molecular formula is C19H20N4O. The monoisotopic (exact) mass is 320 g/mol. The second kappa shape index (κ2) is 6.35. The van der Waals surface area contributed by atoms with Crippen LogP contribution in [0.5, 0.6) is 0 Å². The number of hydrogen-bond acceptors (Lipinski definition) is 3. The predicted molar refractivity (Wildman–Crippen MR) is 95.9 cm³/mol. The number of aromatic nitrogens is 2. The van der Waals surface area contributed by atoms with E-state index in [1.807, 2.05) is 59.4 Å². The van der Waals surface area contributed by atoms with Gasteiger partial charge in [-0.2, -0.15) is 4.79 Å². The van der Waals surface area contributed by atoms with E-state index in [0.717, 1.165) is 29.7 Å². The maximum atomic E-state index is 12.7. The third kappa shape index (κ3) is 2.73. The summed E-state index contributed by atoms with van der Waals surface area (Å²) >= 11 is 0. The summed E-state index contributed by atoms with van der Waals surface area (Å²) in [7, 11) is 0. The Bertz CT molecular complexity index is 850. The quantitative estimate of drug-likeness (QED) is 0.804. The molecule has 24 heavy (non-hydrogen) atoms. The van der Waals surface area contributed by atoms with E-state index in [1.165, 1.54) is 19.3 Å². The second-order valence-electron chi connectivity index (χ2n) is 6.09. The van der Waals surface area contributed by atoms with Gasteiger partial charge in [0.1, 0.15) is 0 Å². The summed E-state index contributed by atoms with van der Waals surface area (Å²) in [6, 6.07) is 17.4. The number of piperidine rings is 1. The Morgan fingerprint density at radius 3 is 2.42 bits per heavy atom. The van der Waals surface area contributed by atoms with Crippen molar-refractivity contribution in [2.75, 3.05) is 23.4 Å². The Balaban J connectivity index is 1.71. The fourth-order valence-electron chi connectivity index (χ4n) is 3.21. The minimum atomic E-state index is -0.173. The summed E-state index contributed by atoms with van der Waals surface area (Å²) in [6.07, 6.45) is 3.59. The molecule has 0 unspecified atom stereocenters. The third-order valence-corrected chi connectivity index (χ3v) is 4.42. The van der Waals surface area contributed by atoms with Gasteiger partial charge in [0.15, 0.2) is 5.69 Å². The molecule has 122 valence electrons. The summed E-state index contributed by atoms with van der Waals surface area (Å²) < 4.78 is 0. The van der Waals surface area contributed by atoms with Crippen molar-refractivity contribution in [3.8, 4) is 0 Å². The lowest BCUT2D eigenvalue weighted by Crippen LogP contribution is -2.40. The molecule has 5 nitrogen and oxygen atoms in total. The minimum absolute atomic E-state index is 0.173. The molecule has 0 spiro atoms. The number of para-hydroxylation sites is 2. The normalized spacial score (nSPS) is 14.8. The summed E-state index contributed by atoms with van der Waals surface area (Å²) in [5.74, 6) is -0.173. The molecule has 2 heterocycles. The van der Waals surface area contributed by atoms with E-state index in [1.54, 1.807) is 0 Å². The second-order valence-corrected chi connectivity index (χ2v) is 6.09. The Kier molecular flexibility index (Phi) is 3.91. The first-order valence-electron chi connectivity index (χ1n) is 8.42. The Morgan fingerprint density at radius 1 is 0.917 bits per heavy atom. The average molecular weight is 320 g/mol. The van der Waals surface area contributed by atoms with Gasteiger partial charge in [-0.05, 0) is 37.5 Å². The van der Waals surface area contributed by atoms with Crippen molar-refractivity contribution in [3.63, 3.8) is 0 Å². The third-order valence-electron chi connectivity index (χ3n) is 4.42. The van der Waals surface area contributed by atoms with E-state index in [2.05, 4.69) is 15.4 Å². The number of carbonyl (C=O) groups excluding carboxylic acids is 1. The van der Waals surface area contributed by atoms with Crippen molar-refractivity contribution in [3.05, 3.63) is 60.3 Å². The summed E-state index contributed by atoms with van der Waals surface area (Å²) in [4.78, 5) is 14.6. The topological polar surface area (TPSA) is 50.2 Å². The molecule has 0 atom stereocenters. The number of nitrogens with zero attached hydrogens (tertiary/aromatic N) is 3. The van der Waals surface area contributed by atoms with Crippen molar-refractivity contribution < 1.29 is 4.79 Å². The highest BCUT2D eigenvalue weighted by Crippen LogP contribution is 2.21. The molecule has 0 saturated carbocycles. The van der Waals surface area contributed by atoms with Crippen LogP contribution in [0.15, 0.2) is 54.6 Å². The standard InChI is InChI=1S/C19H20N4O/c24-19(20-15-9-3-1-4-10-15)18-16-11-5-6-12-17(16)23(21-18)22-13-7-2-8-14-22/h1,3-6,9-12H,2,7-8,13-14H2,(H,20,24). The van der Waals surface area contributed by atoms with Crippen molar-refractivity contribution in [1.82, 2.24) is 9.89 Å².